The maximum Gasteiger partial charge on any atom is 0.241 e. The molecular formula is C23H29N3O2. The number of benzene rings is 2. The first kappa shape index (κ1) is 19.0. The van der Waals surface area contributed by atoms with Crippen LogP contribution >= 0.6 is 0 Å². The minimum atomic E-state index is 0.233. The summed E-state index contributed by atoms with van der Waals surface area (Å²) in [7, 11) is 1.70. The van der Waals surface area contributed by atoms with E-state index in [2.05, 4.69) is 40.1 Å². The molecule has 0 saturated carbocycles. The maximum absolute atomic E-state index is 12.8. The molecule has 0 aliphatic carbocycles. The van der Waals surface area contributed by atoms with E-state index in [4.69, 9.17) is 4.74 Å². The molecule has 2 aromatic carbocycles. The summed E-state index contributed by atoms with van der Waals surface area (Å²) in [6, 6.07) is 16.6. The second kappa shape index (κ2) is 8.76. The Kier molecular flexibility index (Phi) is 5.93. The van der Waals surface area contributed by atoms with Crippen molar-refractivity contribution in [3.05, 3.63) is 59.7 Å². The quantitative estimate of drug-likeness (QED) is 0.772. The molecule has 0 bridgehead atoms. The molecule has 0 N–H and O–H groups in total. The average Bonchev–Trinajstić information content (AvgIpc) is 3.18. The lowest BCUT2D eigenvalue weighted by atomic mass is 10.1. The number of ether oxygens (including phenoxy) is 1. The fourth-order valence-corrected chi connectivity index (χ4v) is 4.12. The molecular weight excluding hydrogens is 350 g/mol. The van der Waals surface area contributed by atoms with Gasteiger partial charge >= 0.3 is 0 Å². The molecule has 2 aromatic rings. The molecule has 2 aliphatic heterocycles. The van der Waals surface area contributed by atoms with Gasteiger partial charge in [0.05, 0.1) is 13.7 Å². The third-order valence-electron chi connectivity index (χ3n) is 5.89. The van der Waals surface area contributed by atoms with E-state index >= 15 is 0 Å². The highest BCUT2D eigenvalue weighted by molar-refractivity contribution is 5.96. The van der Waals surface area contributed by atoms with E-state index in [1.54, 1.807) is 7.11 Å². The summed E-state index contributed by atoms with van der Waals surface area (Å²) in [6.07, 6.45) is 2.02. The smallest absolute Gasteiger partial charge is 0.241 e. The van der Waals surface area contributed by atoms with Crippen LogP contribution in [0.5, 0.6) is 5.75 Å². The average molecular weight is 380 g/mol. The number of piperazine rings is 1. The Hall–Kier alpha value is -2.37. The van der Waals surface area contributed by atoms with Gasteiger partial charge in [0, 0.05) is 45.0 Å². The molecule has 1 fully saturated rings. The predicted molar refractivity (Wildman–Crippen MR) is 112 cm³/mol. The lowest BCUT2D eigenvalue weighted by Gasteiger charge is -2.35. The van der Waals surface area contributed by atoms with Crippen molar-refractivity contribution in [1.82, 2.24) is 9.80 Å². The van der Waals surface area contributed by atoms with Crippen LogP contribution in [0.3, 0.4) is 0 Å². The summed E-state index contributed by atoms with van der Waals surface area (Å²) in [6.45, 7) is 6.39. The van der Waals surface area contributed by atoms with Gasteiger partial charge in [-0.15, -0.1) is 0 Å². The molecule has 2 aliphatic rings. The van der Waals surface area contributed by atoms with Crippen molar-refractivity contribution in [3.8, 4) is 5.75 Å². The summed E-state index contributed by atoms with van der Waals surface area (Å²) in [5.41, 5.74) is 3.73. The van der Waals surface area contributed by atoms with Crippen molar-refractivity contribution in [2.75, 3.05) is 57.8 Å². The van der Waals surface area contributed by atoms with Crippen molar-refractivity contribution in [3.63, 3.8) is 0 Å². The second-order valence-electron chi connectivity index (χ2n) is 7.64. The van der Waals surface area contributed by atoms with Crippen LogP contribution in [0.1, 0.15) is 11.1 Å². The summed E-state index contributed by atoms with van der Waals surface area (Å²) >= 11 is 0. The molecule has 1 saturated heterocycles. The number of hydrogen-bond acceptors (Lipinski definition) is 4. The van der Waals surface area contributed by atoms with Gasteiger partial charge in [0.2, 0.25) is 5.91 Å². The first-order valence-corrected chi connectivity index (χ1v) is 10.2. The minimum absolute atomic E-state index is 0.233. The zero-order chi connectivity index (χ0) is 19.3. The van der Waals surface area contributed by atoms with E-state index in [0.717, 1.165) is 63.5 Å². The Bertz CT molecular complexity index is 798. The molecule has 0 spiro atoms. The maximum atomic E-state index is 12.8. The van der Waals surface area contributed by atoms with Gasteiger partial charge < -0.3 is 14.5 Å². The number of fused-ring (bicyclic) bond motifs is 1. The third-order valence-corrected chi connectivity index (χ3v) is 5.89. The molecule has 5 heteroatoms. The van der Waals surface area contributed by atoms with Gasteiger partial charge in [-0.1, -0.05) is 30.3 Å². The standard InChI is InChI=1S/C23H29N3O2/c1-28-21-8-6-19(7-9-21)10-12-24-14-16-25(17-15-24)18-23(27)26-13-11-20-4-2-3-5-22(20)26/h2-9H,10-18H2,1H3. The van der Waals surface area contributed by atoms with E-state index in [1.807, 2.05) is 23.1 Å². The lowest BCUT2D eigenvalue weighted by Crippen LogP contribution is -2.50. The van der Waals surface area contributed by atoms with Crippen LogP contribution in [-0.4, -0.2) is 68.6 Å². The van der Waals surface area contributed by atoms with Gasteiger partial charge in [0.15, 0.2) is 0 Å². The number of amides is 1. The van der Waals surface area contributed by atoms with Gasteiger partial charge in [-0.05, 0) is 42.2 Å². The highest BCUT2D eigenvalue weighted by Crippen LogP contribution is 2.27. The fraction of sp³-hybridized carbons (Fsp3) is 0.435. The van der Waals surface area contributed by atoms with Crippen LogP contribution < -0.4 is 9.64 Å². The van der Waals surface area contributed by atoms with Crippen molar-refractivity contribution in [2.45, 2.75) is 12.8 Å². The van der Waals surface area contributed by atoms with E-state index in [1.165, 1.54) is 11.1 Å². The van der Waals surface area contributed by atoms with Gasteiger partial charge in [0.25, 0.3) is 0 Å². The van der Waals surface area contributed by atoms with E-state index in [0.29, 0.717) is 6.54 Å². The van der Waals surface area contributed by atoms with Crippen molar-refractivity contribution in [1.29, 1.82) is 0 Å². The van der Waals surface area contributed by atoms with Crippen LogP contribution in [0.2, 0.25) is 0 Å². The number of rotatable bonds is 6. The number of nitrogens with zero attached hydrogens (tertiary/aromatic N) is 3. The summed E-state index contributed by atoms with van der Waals surface area (Å²) in [5.74, 6) is 1.14. The molecule has 0 radical (unpaired) electrons. The normalized spacial score (nSPS) is 17.5. The fourth-order valence-electron chi connectivity index (χ4n) is 4.12. The summed E-state index contributed by atoms with van der Waals surface area (Å²) in [4.78, 5) is 19.5. The van der Waals surface area contributed by atoms with Gasteiger partial charge in [-0.2, -0.15) is 0 Å². The molecule has 1 amide bonds. The van der Waals surface area contributed by atoms with E-state index < -0.39 is 0 Å². The highest BCUT2D eigenvalue weighted by atomic mass is 16.5. The SMILES string of the molecule is COc1ccc(CCN2CCN(CC(=O)N3CCc4ccccc43)CC2)cc1. The topological polar surface area (TPSA) is 36.0 Å². The van der Waals surface area contributed by atoms with Crippen molar-refractivity contribution >= 4 is 11.6 Å². The van der Waals surface area contributed by atoms with Crippen LogP contribution in [-0.2, 0) is 17.6 Å². The van der Waals surface area contributed by atoms with Gasteiger partial charge in [-0.25, -0.2) is 0 Å². The third kappa shape index (κ3) is 4.37. The molecule has 28 heavy (non-hydrogen) atoms. The van der Waals surface area contributed by atoms with E-state index in [9.17, 15) is 4.79 Å². The van der Waals surface area contributed by atoms with Crippen molar-refractivity contribution in [2.24, 2.45) is 0 Å². The summed E-state index contributed by atoms with van der Waals surface area (Å²) < 4.78 is 5.22. The highest BCUT2D eigenvalue weighted by Gasteiger charge is 2.26. The van der Waals surface area contributed by atoms with Crippen LogP contribution in [0, 0.1) is 0 Å². The second-order valence-corrected chi connectivity index (χ2v) is 7.64. The Balaban J connectivity index is 1.21. The zero-order valence-electron chi connectivity index (χ0n) is 16.6. The largest absolute Gasteiger partial charge is 0.497 e. The number of carbonyl (C=O) groups is 1. The van der Waals surface area contributed by atoms with Gasteiger partial charge in [-0.3, -0.25) is 9.69 Å². The van der Waals surface area contributed by atoms with Crippen LogP contribution in [0.15, 0.2) is 48.5 Å². The zero-order valence-corrected chi connectivity index (χ0v) is 16.6. The molecule has 0 atom stereocenters. The first-order valence-electron chi connectivity index (χ1n) is 10.2. The number of anilines is 1. The molecule has 2 heterocycles. The number of methoxy groups -OCH3 is 1. The van der Waals surface area contributed by atoms with Gasteiger partial charge in [0.1, 0.15) is 5.75 Å². The molecule has 4 rings (SSSR count). The number of carbonyl (C=O) groups excluding carboxylic acids is 1. The Labute approximate surface area is 167 Å². The number of hydrogen-bond donors (Lipinski definition) is 0. The molecule has 5 nitrogen and oxygen atoms in total. The van der Waals surface area contributed by atoms with E-state index in [-0.39, 0.29) is 5.91 Å². The predicted octanol–water partition coefficient (Wildman–Crippen LogP) is 2.44. The van der Waals surface area contributed by atoms with Crippen LogP contribution in [0.4, 0.5) is 5.69 Å². The monoisotopic (exact) mass is 379 g/mol. The number of para-hydroxylation sites is 1. The minimum Gasteiger partial charge on any atom is -0.497 e. The Morgan fingerprint density at radius 3 is 2.39 bits per heavy atom. The Morgan fingerprint density at radius 2 is 1.64 bits per heavy atom. The Morgan fingerprint density at radius 1 is 0.929 bits per heavy atom. The molecule has 148 valence electrons. The van der Waals surface area contributed by atoms with Crippen LogP contribution in [0.25, 0.3) is 0 Å². The molecule has 0 aromatic heterocycles. The lowest BCUT2D eigenvalue weighted by molar-refractivity contribution is -0.120. The first-order chi connectivity index (χ1) is 13.7. The summed E-state index contributed by atoms with van der Waals surface area (Å²) in [5, 5.41) is 0. The van der Waals surface area contributed by atoms with Crippen molar-refractivity contribution < 1.29 is 9.53 Å². The molecule has 0 unspecified atom stereocenters.